The average molecular weight is 269 g/mol. The quantitative estimate of drug-likeness (QED) is 0.683. The van der Waals surface area contributed by atoms with Crippen LogP contribution in [0.25, 0.3) is 0 Å². The Kier molecular flexibility index (Phi) is 5.28. The molecule has 0 saturated heterocycles. The maximum absolute atomic E-state index is 11.6. The average Bonchev–Trinajstić information content (AvgIpc) is 2.79. The van der Waals surface area contributed by atoms with E-state index in [0.717, 1.165) is 0 Å². The SMILES string of the molecule is CCn1cnnc1CNC(=O)N[C@@H](C(=O)O)C(C)C. The predicted octanol–water partition coefficient (Wildman–Crippen LogP) is 0.206. The zero-order valence-corrected chi connectivity index (χ0v) is 11.3. The lowest BCUT2D eigenvalue weighted by Gasteiger charge is -2.18. The van der Waals surface area contributed by atoms with Gasteiger partial charge in [0.2, 0.25) is 0 Å². The van der Waals surface area contributed by atoms with E-state index in [1.165, 1.54) is 0 Å². The number of carboxylic acid groups (broad SMARTS) is 1. The Bertz CT molecular complexity index is 443. The molecule has 1 rings (SSSR count). The molecule has 106 valence electrons. The lowest BCUT2D eigenvalue weighted by atomic mass is 10.1. The number of aryl methyl sites for hydroxylation is 1. The molecule has 0 aliphatic heterocycles. The molecule has 8 heteroatoms. The molecular formula is C11H19N5O3. The fraction of sp³-hybridized carbons (Fsp3) is 0.636. The Morgan fingerprint density at radius 1 is 1.47 bits per heavy atom. The minimum Gasteiger partial charge on any atom is -0.480 e. The molecule has 1 atom stereocenters. The van der Waals surface area contributed by atoms with Crippen LogP contribution in [0.4, 0.5) is 4.79 Å². The Hall–Kier alpha value is -2.12. The van der Waals surface area contributed by atoms with E-state index in [4.69, 9.17) is 5.11 Å². The molecule has 0 saturated carbocycles. The van der Waals surface area contributed by atoms with Crippen molar-refractivity contribution in [1.29, 1.82) is 0 Å². The maximum Gasteiger partial charge on any atom is 0.326 e. The summed E-state index contributed by atoms with van der Waals surface area (Å²) >= 11 is 0. The van der Waals surface area contributed by atoms with Gasteiger partial charge in [-0.25, -0.2) is 9.59 Å². The van der Waals surface area contributed by atoms with Crippen molar-refractivity contribution in [3.05, 3.63) is 12.2 Å². The van der Waals surface area contributed by atoms with E-state index >= 15 is 0 Å². The van der Waals surface area contributed by atoms with Crippen LogP contribution in [-0.4, -0.2) is 37.9 Å². The molecule has 0 radical (unpaired) electrons. The summed E-state index contributed by atoms with van der Waals surface area (Å²) in [5.41, 5.74) is 0. The van der Waals surface area contributed by atoms with Crippen molar-refractivity contribution in [2.75, 3.05) is 0 Å². The topological polar surface area (TPSA) is 109 Å². The van der Waals surface area contributed by atoms with Gasteiger partial charge in [0.15, 0.2) is 5.82 Å². The zero-order valence-electron chi connectivity index (χ0n) is 11.3. The number of rotatable bonds is 6. The highest BCUT2D eigenvalue weighted by atomic mass is 16.4. The second kappa shape index (κ2) is 6.72. The molecule has 3 N–H and O–H groups in total. The second-order valence-corrected chi connectivity index (χ2v) is 4.42. The number of carbonyl (C=O) groups excluding carboxylic acids is 1. The van der Waals surface area contributed by atoms with Crippen LogP contribution in [0.1, 0.15) is 26.6 Å². The first-order chi connectivity index (χ1) is 8.95. The van der Waals surface area contributed by atoms with Crippen molar-refractivity contribution in [2.24, 2.45) is 5.92 Å². The van der Waals surface area contributed by atoms with Crippen LogP contribution < -0.4 is 10.6 Å². The van der Waals surface area contributed by atoms with Crippen LogP contribution >= 0.6 is 0 Å². The molecule has 19 heavy (non-hydrogen) atoms. The van der Waals surface area contributed by atoms with Gasteiger partial charge in [0.25, 0.3) is 0 Å². The van der Waals surface area contributed by atoms with Crippen molar-refractivity contribution >= 4 is 12.0 Å². The van der Waals surface area contributed by atoms with E-state index in [1.54, 1.807) is 24.7 Å². The minimum absolute atomic E-state index is 0.192. The van der Waals surface area contributed by atoms with Gasteiger partial charge in [-0.15, -0.1) is 10.2 Å². The summed E-state index contributed by atoms with van der Waals surface area (Å²) < 4.78 is 1.79. The van der Waals surface area contributed by atoms with Gasteiger partial charge in [-0.3, -0.25) is 0 Å². The van der Waals surface area contributed by atoms with Gasteiger partial charge in [-0.1, -0.05) is 13.8 Å². The first-order valence-electron chi connectivity index (χ1n) is 6.09. The number of amides is 2. The van der Waals surface area contributed by atoms with Gasteiger partial charge in [0.1, 0.15) is 12.4 Å². The van der Waals surface area contributed by atoms with Crippen LogP contribution in [0.2, 0.25) is 0 Å². The molecular weight excluding hydrogens is 250 g/mol. The molecule has 0 aliphatic rings. The van der Waals surface area contributed by atoms with Crippen molar-refractivity contribution in [2.45, 2.75) is 39.9 Å². The molecule has 0 spiro atoms. The van der Waals surface area contributed by atoms with Crippen molar-refractivity contribution in [3.8, 4) is 0 Å². The summed E-state index contributed by atoms with van der Waals surface area (Å²) in [6, 6.07) is -1.45. The number of aliphatic carboxylic acids is 1. The number of nitrogens with zero attached hydrogens (tertiary/aromatic N) is 3. The molecule has 2 amide bonds. The van der Waals surface area contributed by atoms with Crippen molar-refractivity contribution in [3.63, 3.8) is 0 Å². The van der Waals surface area contributed by atoms with E-state index in [0.29, 0.717) is 12.4 Å². The molecule has 1 heterocycles. The molecule has 0 bridgehead atoms. The number of carboxylic acids is 1. The lowest BCUT2D eigenvalue weighted by Crippen LogP contribution is -2.48. The Labute approximate surface area is 111 Å². The summed E-state index contributed by atoms with van der Waals surface area (Å²) in [7, 11) is 0. The monoisotopic (exact) mass is 269 g/mol. The largest absolute Gasteiger partial charge is 0.480 e. The minimum atomic E-state index is -1.05. The van der Waals surface area contributed by atoms with Crippen LogP contribution in [0, 0.1) is 5.92 Å². The molecule has 0 aromatic carbocycles. The zero-order chi connectivity index (χ0) is 14.4. The summed E-state index contributed by atoms with van der Waals surface area (Å²) in [6.07, 6.45) is 1.57. The summed E-state index contributed by atoms with van der Waals surface area (Å²) in [4.78, 5) is 22.6. The van der Waals surface area contributed by atoms with Gasteiger partial charge in [-0.2, -0.15) is 0 Å². The van der Waals surface area contributed by atoms with Crippen LogP contribution in [0.5, 0.6) is 0 Å². The van der Waals surface area contributed by atoms with E-state index in [2.05, 4.69) is 20.8 Å². The van der Waals surface area contributed by atoms with E-state index in [9.17, 15) is 9.59 Å². The van der Waals surface area contributed by atoms with E-state index < -0.39 is 18.0 Å². The Balaban J connectivity index is 2.49. The van der Waals surface area contributed by atoms with Crippen molar-refractivity contribution in [1.82, 2.24) is 25.4 Å². The van der Waals surface area contributed by atoms with Gasteiger partial charge in [-0.05, 0) is 12.8 Å². The predicted molar refractivity (Wildman–Crippen MR) is 67.3 cm³/mol. The first kappa shape index (κ1) is 14.9. The van der Waals surface area contributed by atoms with Crippen LogP contribution in [0.15, 0.2) is 6.33 Å². The van der Waals surface area contributed by atoms with Crippen molar-refractivity contribution < 1.29 is 14.7 Å². The summed E-state index contributed by atoms with van der Waals surface area (Å²) in [5.74, 6) is -0.626. The highest BCUT2D eigenvalue weighted by Crippen LogP contribution is 2.01. The second-order valence-electron chi connectivity index (χ2n) is 4.42. The third-order valence-electron chi connectivity index (χ3n) is 2.66. The number of urea groups is 1. The van der Waals surface area contributed by atoms with Gasteiger partial charge in [0.05, 0.1) is 6.54 Å². The van der Waals surface area contributed by atoms with Gasteiger partial charge >= 0.3 is 12.0 Å². The third-order valence-corrected chi connectivity index (χ3v) is 2.66. The number of nitrogens with one attached hydrogen (secondary N) is 2. The molecule has 1 aromatic rings. The molecule has 0 unspecified atom stereocenters. The Morgan fingerprint density at radius 3 is 2.68 bits per heavy atom. The number of hydrogen-bond acceptors (Lipinski definition) is 4. The van der Waals surface area contributed by atoms with Gasteiger partial charge < -0.3 is 20.3 Å². The fourth-order valence-electron chi connectivity index (χ4n) is 1.55. The molecule has 8 nitrogen and oxygen atoms in total. The fourth-order valence-corrected chi connectivity index (χ4v) is 1.55. The normalized spacial score (nSPS) is 12.2. The lowest BCUT2D eigenvalue weighted by molar-refractivity contribution is -0.140. The maximum atomic E-state index is 11.6. The van der Waals surface area contributed by atoms with Crippen LogP contribution in [0.3, 0.4) is 0 Å². The highest BCUT2D eigenvalue weighted by molar-refractivity contribution is 5.82. The molecule has 1 aromatic heterocycles. The number of hydrogen-bond donors (Lipinski definition) is 3. The molecule has 0 fully saturated rings. The summed E-state index contributed by atoms with van der Waals surface area (Å²) in [6.45, 7) is 6.30. The number of aromatic nitrogens is 3. The highest BCUT2D eigenvalue weighted by Gasteiger charge is 2.23. The standard InChI is InChI=1S/C11H19N5O3/c1-4-16-6-13-15-8(16)5-12-11(19)14-9(7(2)3)10(17)18/h6-7,9H,4-5H2,1-3H3,(H,17,18)(H2,12,14,19)/t9-/m1/s1. The third kappa shape index (κ3) is 4.23. The summed E-state index contributed by atoms with van der Waals surface area (Å²) in [5, 5.41) is 21.5. The van der Waals surface area contributed by atoms with E-state index in [-0.39, 0.29) is 12.5 Å². The van der Waals surface area contributed by atoms with Gasteiger partial charge in [0, 0.05) is 6.54 Å². The first-order valence-corrected chi connectivity index (χ1v) is 6.09. The number of carbonyl (C=O) groups is 2. The Morgan fingerprint density at radius 2 is 2.16 bits per heavy atom. The smallest absolute Gasteiger partial charge is 0.326 e. The molecule has 0 aliphatic carbocycles. The van der Waals surface area contributed by atoms with E-state index in [1.807, 2.05) is 6.92 Å². The van der Waals surface area contributed by atoms with Crippen LogP contribution in [-0.2, 0) is 17.9 Å².